The fourth-order valence-electron chi connectivity index (χ4n) is 1.89. The standard InChI is InChI=1S/C15H23BrN2O2/c1-11(9-17)4-7-15(19)18(2)10-12-8-13(16)5-6-14(12)20-3/h5-6,8,11H,4,7,9-10,17H2,1-3H3. The maximum absolute atomic E-state index is 12.1. The summed E-state index contributed by atoms with van der Waals surface area (Å²) >= 11 is 3.44. The second-order valence-electron chi connectivity index (χ2n) is 5.09. The van der Waals surface area contributed by atoms with E-state index in [1.54, 1.807) is 12.0 Å². The van der Waals surface area contributed by atoms with E-state index < -0.39 is 0 Å². The first-order valence-corrected chi connectivity index (χ1v) is 7.53. The first-order chi connectivity index (χ1) is 9.47. The van der Waals surface area contributed by atoms with Gasteiger partial charge in [-0.1, -0.05) is 22.9 Å². The Labute approximate surface area is 129 Å². The lowest BCUT2D eigenvalue weighted by atomic mass is 10.1. The average molecular weight is 343 g/mol. The highest BCUT2D eigenvalue weighted by Gasteiger charge is 2.13. The van der Waals surface area contributed by atoms with E-state index >= 15 is 0 Å². The summed E-state index contributed by atoms with van der Waals surface area (Å²) in [4.78, 5) is 13.8. The molecule has 1 unspecified atom stereocenters. The quantitative estimate of drug-likeness (QED) is 0.828. The molecule has 0 radical (unpaired) electrons. The zero-order valence-electron chi connectivity index (χ0n) is 12.4. The van der Waals surface area contributed by atoms with Crippen molar-refractivity contribution in [1.29, 1.82) is 0 Å². The molecule has 5 heteroatoms. The first kappa shape index (κ1) is 17.0. The molecule has 0 aliphatic rings. The Hall–Kier alpha value is -1.07. The number of methoxy groups -OCH3 is 1. The predicted octanol–water partition coefficient (Wildman–Crippen LogP) is 2.79. The van der Waals surface area contributed by atoms with Crippen LogP contribution in [0.2, 0.25) is 0 Å². The Morgan fingerprint density at radius 1 is 1.50 bits per heavy atom. The van der Waals surface area contributed by atoms with Crippen molar-refractivity contribution in [2.24, 2.45) is 11.7 Å². The predicted molar refractivity (Wildman–Crippen MR) is 84.6 cm³/mol. The van der Waals surface area contributed by atoms with Gasteiger partial charge < -0.3 is 15.4 Å². The number of hydrogen-bond acceptors (Lipinski definition) is 3. The van der Waals surface area contributed by atoms with E-state index in [-0.39, 0.29) is 5.91 Å². The van der Waals surface area contributed by atoms with Crippen LogP contribution in [0.15, 0.2) is 22.7 Å². The van der Waals surface area contributed by atoms with Crippen LogP contribution in [0.3, 0.4) is 0 Å². The fraction of sp³-hybridized carbons (Fsp3) is 0.533. The summed E-state index contributed by atoms with van der Waals surface area (Å²) in [6.07, 6.45) is 1.36. The van der Waals surface area contributed by atoms with Crippen molar-refractivity contribution in [3.63, 3.8) is 0 Å². The Morgan fingerprint density at radius 2 is 2.20 bits per heavy atom. The van der Waals surface area contributed by atoms with Crippen LogP contribution in [0.5, 0.6) is 5.75 Å². The monoisotopic (exact) mass is 342 g/mol. The number of carbonyl (C=O) groups excluding carboxylic acids is 1. The summed E-state index contributed by atoms with van der Waals surface area (Å²) in [7, 11) is 3.45. The van der Waals surface area contributed by atoms with Gasteiger partial charge in [-0.05, 0) is 37.1 Å². The van der Waals surface area contributed by atoms with Crippen molar-refractivity contribution in [2.75, 3.05) is 20.7 Å². The number of amides is 1. The van der Waals surface area contributed by atoms with Crippen LogP contribution in [0, 0.1) is 5.92 Å². The van der Waals surface area contributed by atoms with Gasteiger partial charge in [-0.3, -0.25) is 4.79 Å². The van der Waals surface area contributed by atoms with Crippen LogP contribution >= 0.6 is 15.9 Å². The van der Waals surface area contributed by atoms with E-state index in [4.69, 9.17) is 10.5 Å². The van der Waals surface area contributed by atoms with Gasteiger partial charge in [0.15, 0.2) is 0 Å². The molecule has 0 fully saturated rings. The largest absolute Gasteiger partial charge is 0.496 e. The lowest BCUT2D eigenvalue weighted by Gasteiger charge is -2.20. The number of ether oxygens (including phenoxy) is 1. The first-order valence-electron chi connectivity index (χ1n) is 6.74. The van der Waals surface area contributed by atoms with Crippen molar-refractivity contribution in [1.82, 2.24) is 4.90 Å². The number of nitrogens with two attached hydrogens (primary N) is 1. The zero-order valence-corrected chi connectivity index (χ0v) is 13.9. The molecule has 1 amide bonds. The van der Waals surface area contributed by atoms with Crippen LogP contribution in [0.1, 0.15) is 25.3 Å². The molecule has 1 rings (SSSR count). The molecular weight excluding hydrogens is 320 g/mol. The molecule has 0 aliphatic carbocycles. The Bertz CT molecular complexity index is 451. The van der Waals surface area contributed by atoms with Crippen LogP contribution in [0.4, 0.5) is 0 Å². The van der Waals surface area contributed by atoms with Gasteiger partial charge >= 0.3 is 0 Å². The topological polar surface area (TPSA) is 55.6 Å². The molecule has 0 saturated carbocycles. The summed E-state index contributed by atoms with van der Waals surface area (Å²) in [5, 5.41) is 0. The normalized spacial score (nSPS) is 12.1. The number of rotatable bonds is 7. The SMILES string of the molecule is COc1ccc(Br)cc1CN(C)C(=O)CCC(C)CN. The third-order valence-electron chi connectivity index (χ3n) is 3.33. The van der Waals surface area contributed by atoms with E-state index in [1.807, 2.05) is 25.2 Å². The van der Waals surface area contributed by atoms with Crippen molar-refractivity contribution in [3.05, 3.63) is 28.2 Å². The third-order valence-corrected chi connectivity index (χ3v) is 3.82. The van der Waals surface area contributed by atoms with Crippen molar-refractivity contribution in [3.8, 4) is 5.75 Å². The average Bonchev–Trinajstić information content (AvgIpc) is 2.44. The second kappa shape index (κ2) is 8.27. The number of halogens is 1. The molecule has 20 heavy (non-hydrogen) atoms. The maximum atomic E-state index is 12.1. The molecule has 0 spiro atoms. The van der Waals surface area contributed by atoms with E-state index in [1.165, 1.54) is 0 Å². The number of hydrogen-bond donors (Lipinski definition) is 1. The molecule has 0 aliphatic heterocycles. The summed E-state index contributed by atoms with van der Waals surface area (Å²) in [5.41, 5.74) is 6.56. The minimum Gasteiger partial charge on any atom is -0.496 e. The molecule has 1 atom stereocenters. The molecular formula is C15H23BrN2O2. The summed E-state index contributed by atoms with van der Waals surface area (Å²) < 4.78 is 6.30. The third kappa shape index (κ3) is 5.13. The smallest absolute Gasteiger partial charge is 0.222 e. The number of benzene rings is 1. The molecule has 1 aromatic rings. The molecule has 0 aromatic heterocycles. The van der Waals surface area contributed by atoms with Crippen LogP contribution in [-0.2, 0) is 11.3 Å². The number of nitrogens with zero attached hydrogens (tertiary/aromatic N) is 1. The fourth-order valence-corrected chi connectivity index (χ4v) is 2.30. The van der Waals surface area contributed by atoms with Crippen LogP contribution in [0.25, 0.3) is 0 Å². The molecule has 112 valence electrons. The Balaban J connectivity index is 2.63. The highest BCUT2D eigenvalue weighted by Crippen LogP contribution is 2.24. The van der Waals surface area contributed by atoms with E-state index in [2.05, 4.69) is 22.9 Å². The Kier molecular flexibility index (Phi) is 7.02. The Morgan fingerprint density at radius 3 is 2.80 bits per heavy atom. The number of carbonyl (C=O) groups is 1. The minimum atomic E-state index is 0.132. The van der Waals surface area contributed by atoms with Gasteiger partial charge in [0.25, 0.3) is 0 Å². The molecule has 4 nitrogen and oxygen atoms in total. The minimum absolute atomic E-state index is 0.132. The van der Waals surface area contributed by atoms with E-state index in [0.29, 0.717) is 25.4 Å². The van der Waals surface area contributed by atoms with Crippen LogP contribution < -0.4 is 10.5 Å². The highest BCUT2D eigenvalue weighted by atomic mass is 79.9. The second-order valence-corrected chi connectivity index (χ2v) is 6.00. The van der Waals surface area contributed by atoms with Crippen molar-refractivity contribution >= 4 is 21.8 Å². The highest BCUT2D eigenvalue weighted by molar-refractivity contribution is 9.10. The summed E-state index contributed by atoms with van der Waals surface area (Å²) in [6.45, 7) is 3.22. The van der Waals surface area contributed by atoms with Gasteiger partial charge in [-0.15, -0.1) is 0 Å². The summed E-state index contributed by atoms with van der Waals surface area (Å²) in [6, 6.07) is 5.80. The molecule has 0 bridgehead atoms. The molecule has 1 aromatic carbocycles. The van der Waals surface area contributed by atoms with Crippen molar-refractivity contribution in [2.45, 2.75) is 26.3 Å². The zero-order chi connectivity index (χ0) is 15.1. The van der Waals surface area contributed by atoms with Crippen molar-refractivity contribution < 1.29 is 9.53 Å². The maximum Gasteiger partial charge on any atom is 0.222 e. The van der Waals surface area contributed by atoms with Gasteiger partial charge in [0.1, 0.15) is 5.75 Å². The van der Waals surface area contributed by atoms with Gasteiger partial charge in [-0.25, -0.2) is 0 Å². The lowest BCUT2D eigenvalue weighted by Crippen LogP contribution is -2.27. The van der Waals surface area contributed by atoms with Gasteiger partial charge in [0.2, 0.25) is 5.91 Å². The molecule has 0 saturated heterocycles. The summed E-state index contributed by atoms with van der Waals surface area (Å²) in [5.74, 6) is 1.31. The van der Waals surface area contributed by atoms with Crippen LogP contribution in [-0.4, -0.2) is 31.5 Å². The molecule has 0 heterocycles. The molecule has 2 N–H and O–H groups in total. The lowest BCUT2D eigenvalue weighted by molar-refractivity contribution is -0.130. The van der Waals surface area contributed by atoms with Gasteiger partial charge in [0, 0.05) is 30.0 Å². The van der Waals surface area contributed by atoms with Gasteiger partial charge in [-0.2, -0.15) is 0 Å². The van der Waals surface area contributed by atoms with E-state index in [9.17, 15) is 4.79 Å². The van der Waals surface area contributed by atoms with Gasteiger partial charge in [0.05, 0.1) is 7.11 Å². The van der Waals surface area contributed by atoms with E-state index in [0.717, 1.165) is 22.2 Å².